The number of aryl methyl sites for hydroxylation is 1. The molecular formula is C19H18ClNO4S. The van der Waals surface area contributed by atoms with E-state index in [0.717, 1.165) is 11.1 Å². The molecule has 0 atom stereocenters. The van der Waals surface area contributed by atoms with Crippen LogP contribution in [0.1, 0.15) is 18.1 Å². The minimum atomic E-state index is -4.04. The molecule has 0 amide bonds. The van der Waals surface area contributed by atoms with E-state index in [1.165, 1.54) is 18.2 Å². The summed E-state index contributed by atoms with van der Waals surface area (Å²) in [7, 11) is -4.04. The van der Waals surface area contributed by atoms with Gasteiger partial charge in [-0.3, -0.25) is 0 Å². The van der Waals surface area contributed by atoms with Gasteiger partial charge in [-0.25, -0.2) is 4.79 Å². The van der Waals surface area contributed by atoms with E-state index in [0.29, 0.717) is 5.02 Å². The van der Waals surface area contributed by atoms with Crippen LogP contribution in [0.15, 0.2) is 63.9 Å². The molecule has 0 radical (unpaired) electrons. The van der Waals surface area contributed by atoms with Crippen molar-refractivity contribution in [1.82, 2.24) is 0 Å². The Morgan fingerprint density at radius 3 is 2.31 bits per heavy atom. The number of esters is 1. The number of hydrogen-bond donors (Lipinski definition) is 0. The number of hydrogen-bond acceptors (Lipinski definition) is 4. The molecule has 0 saturated heterocycles. The summed E-state index contributed by atoms with van der Waals surface area (Å²) in [6.45, 7) is 3.59. The number of carbonyl (C=O) groups excluding carboxylic acids is 1. The van der Waals surface area contributed by atoms with Gasteiger partial charge in [0.25, 0.3) is 10.0 Å². The van der Waals surface area contributed by atoms with Gasteiger partial charge in [0.15, 0.2) is 5.71 Å². The zero-order valence-electron chi connectivity index (χ0n) is 14.3. The van der Waals surface area contributed by atoms with Crippen LogP contribution in [0, 0.1) is 6.92 Å². The van der Waals surface area contributed by atoms with Crippen molar-refractivity contribution in [3.63, 3.8) is 0 Å². The molecule has 26 heavy (non-hydrogen) atoms. The maximum Gasteiger partial charge on any atom is 0.357 e. The molecule has 0 heterocycles. The van der Waals surface area contributed by atoms with Crippen molar-refractivity contribution in [2.75, 3.05) is 6.61 Å². The van der Waals surface area contributed by atoms with Gasteiger partial charge in [-0.1, -0.05) is 47.5 Å². The van der Waals surface area contributed by atoms with Crippen molar-refractivity contribution >= 4 is 39.4 Å². The van der Waals surface area contributed by atoms with E-state index >= 15 is 0 Å². The maximum absolute atomic E-state index is 12.5. The molecule has 5 nitrogen and oxygen atoms in total. The number of halogens is 1. The molecule has 0 aliphatic carbocycles. The first-order chi connectivity index (χ1) is 12.3. The third kappa shape index (κ3) is 5.54. The summed E-state index contributed by atoms with van der Waals surface area (Å²) in [6.07, 6.45) is 2.88. The largest absolute Gasteiger partial charge is 0.461 e. The molecule has 0 aliphatic heterocycles. The topological polar surface area (TPSA) is 72.8 Å². The van der Waals surface area contributed by atoms with Crippen LogP contribution in [0.3, 0.4) is 0 Å². The van der Waals surface area contributed by atoms with Crippen molar-refractivity contribution in [1.29, 1.82) is 0 Å². The van der Waals surface area contributed by atoms with E-state index in [1.807, 2.05) is 6.92 Å². The molecule has 0 saturated carbocycles. The third-order valence-corrected chi connectivity index (χ3v) is 4.88. The highest BCUT2D eigenvalue weighted by Gasteiger charge is 2.18. The SMILES string of the molecule is CCOC(=O)C(/C=C/c1ccc(Cl)cc1)=N/S(=O)(=O)c1ccc(C)cc1. The van der Waals surface area contributed by atoms with Crippen molar-refractivity contribution < 1.29 is 17.9 Å². The Kier molecular flexibility index (Phi) is 6.71. The summed E-state index contributed by atoms with van der Waals surface area (Å²) in [6, 6.07) is 13.1. The van der Waals surface area contributed by atoms with Gasteiger partial charge in [-0.05, 0) is 49.8 Å². The number of nitrogens with zero attached hydrogens (tertiary/aromatic N) is 1. The quantitative estimate of drug-likeness (QED) is 0.550. The van der Waals surface area contributed by atoms with E-state index in [-0.39, 0.29) is 17.2 Å². The average Bonchev–Trinajstić information content (AvgIpc) is 2.60. The summed E-state index contributed by atoms with van der Waals surface area (Å²) in [5.74, 6) is -0.812. The van der Waals surface area contributed by atoms with Crippen LogP contribution in [0.25, 0.3) is 6.08 Å². The molecule has 0 spiro atoms. The molecule has 0 aromatic heterocycles. The number of ether oxygens (including phenoxy) is 1. The van der Waals surface area contributed by atoms with Crippen LogP contribution >= 0.6 is 11.6 Å². The predicted molar refractivity (Wildman–Crippen MR) is 103 cm³/mol. The third-order valence-electron chi connectivity index (χ3n) is 3.33. The fourth-order valence-electron chi connectivity index (χ4n) is 1.98. The van der Waals surface area contributed by atoms with Crippen molar-refractivity contribution in [2.24, 2.45) is 4.40 Å². The second-order valence-electron chi connectivity index (χ2n) is 5.37. The molecule has 0 fully saturated rings. The fourth-order valence-corrected chi connectivity index (χ4v) is 3.09. The lowest BCUT2D eigenvalue weighted by atomic mass is 10.2. The number of sulfonamides is 1. The summed E-state index contributed by atoms with van der Waals surface area (Å²) >= 11 is 5.83. The normalized spacial score (nSPS) is 12.3. The zero-order chi connectivity index (χ0) is 19.2. The molecule has 0 aliphatic rings. The highest BCUT2D eigenvalue weighted by Crippen LogP contribution is 2.15. The summed E-state index contributed by atoms with van der Waals surface area (Å²) in [4.78, 5) is 12.1. The average molecular weight is 392 g/mol. The molecule has 2 aromatic carbocycles. The molecule has 0 bridgehead atoms. The lowest BCUT2D eigenvalue weighted by molar-refractivity contribution is -0.134. The Hall–Kier alpha value is -2.44. The minimum Gasteiger partial charge on any atom is -0.461 e. The highest BCUT2D eigenvalue weighted by atomic mass is 35.5. The van der Waals surface area contributed by atoms with Crippen LogP contribution in [-0.2, 0) is 19.6 Å². The van der Waals surface area contributed by atoms with Gasteiger partial charge in [0.2, 0.25) is 0 Å². The van der Waals surface area contributed by atoms with E-state index in [2.05, 4.69) is 4.40 Å². The molecule has 136 valence electrons. The second-order valence-corrected chi connectivity index (χ2v) is 7.41. The van der Waals surface area contributed by atoms with Gasteiger partial charge in [0, 0.05) is 5.02 Å². The van der Waals surface area contributed by atoms with Gasteiger partial charge < -0.3 is 4.74 Å². The van der Waals surface area contributed by atoms with E-state index < -0.39 is 16.0 Å². The highest BCUT2D eigenvalue weighted by molar-refractivity contribution is 7.90. The first-order valence-electron chi connectivity index (χ1n) is 7.84. The Morgan fingerprint density at radius 2 is 1.73 bits per heavy atom. The zero-order valence-corrected chi connectivity index (χ0v) is 15.9. The van der Waals surface area contributed by atoms with Crippen LogP contribution < -0.4 is 0 Å². The van der Waals surface area contributed by atoms with Gasteiger partial charge in [0.05, 0.1) is 11.5 Å². The molecule has 0 unspecified atom stereocenters. The van der Waals surface area contributed by atoms with E-state index in [4.69, 9.17) is 16.3 Å². The summed E-state index contributed by atoms with van der Waals surface area (Å²) in [5.41, 5.74) is 1.35. The lowest BCUT2D eigenvalue weighted by Crippen LogP contribution is -2.17. The Bertz CT molecular complexity index is 931. The van der Waals surface area contributed by atoms with Crippen molar-refractivity contribution in [2.45, 2.75) is 18.7 Å². The fraction of sp³-hybridized carbons (Fsp3) is 0.158. The van der Waals surface area contributed by atoms with Crippen molar-refractivity contribution in [3.05, 3.63) is 70.8 Å². The van der Waals surface area contributed by atoms with Crippen LogP contribution in [0.2, 0.25) is 5.02 Å². The minimum absolute atomic E-state index is 0.00444. The Balaban J connectivity index is 2.39. The molecule has 2 rings (SSSR count). The molecule has 7 heteroatoms. The van der Waals surface area contributed by atoms with Crippen LogP contribution in [0.5, 0.6) is 0 Å². The Labute approximate surface area is 158 Å². The molecule has 2 aromatic rings. The molecule has 0 N–H and O–H groups in total. The summed E-state index contributed by atoms with van der Waals surface area (Å²) in [5, 5.41) is 0.573. The van der Waals surface area contributed by atoms with E-state index in [1.54, 1.807) is 49.4 Å². The smallest absolute Gasteiger partial charge is 0.357 e. The Morgan fingerprint density at radius 1 is 1.12 bits per heavy atom. The van der Waals surface area contributed by atoms with Crippen LogP contribution in [-0.4, -0.2) is 26.7 Å². The number of carbonyl (C=O) groups is 1. The van der Waals surface area contributed by atoms with Crippen molar-refractivity contribution in [3.8, 4) is 0 Å². The van der Waals surface area contributed by atoms with Gasteiger partial charge in [-0.15, -0.1) is 0 Å². The number of benzene rings is 2. The second kappa shape index (κ2) is 8.78. The lowest BCUT2D eigenvalue weighted by Gasteiger charge is -2.04. The molecular weight excluding hydrogens is 374 g/mol. The number of rotatable bonds is 6. The summed E-state index contributed by atoms with van der Waals surface area (Å²) < 4.78 is 33.5. The van der Waals surface area contributed by atoms with Gasteiger partial charge >= 0.3 is 5.97 Å². The first-order valence-corrected chi connectivity index (χ1v) is 9.66. The van der Waals surface area contributed by atoms with Gasteiger partial charge in [-0.2, -0.15) is 12.8 Å². The first kappa shape index (κ1) is 19.9. The van der Waals surface area contributed by atoms with E-state index in [9.17, 15) is 13.2 Å². The van der Waals surface area contributed by atoms with Crippen LogP contribution in [0.4, 0.5) is 0 Å². The standard InChI is InChI=1S/C19H18ClNO4S/c1-3-25-19(22)18(13-8-15-6-9-16(20)10-7-15)21-26(23,24)17-11-4-14(2)5-12-17/h4-13H,3H2,1-2H3/b13-8+,21-18+. The van der Waals surface area contributed by atoms with Gasteiger partial charge in [0.1, 0.15) is 0 Å². The predicted octanol–water partition coefficient (Wildman–Crippen LogP) is 4.05. The maximum atomic E-state index is 12.5. The monoisotopic (exact) mass is 391 g/mol.